The quantitative estimate of drug-likeness (QED) is 0.708. The van der Waals surface area contributed by atoms with Gasteiger partial charge in [0.05, 0.1) is 17.6 Å². The molecule has 0 amide bonds. The summed E-state index contributed by atoms with van der Waals surface area (Å²) in [6, 6.07) is 5.91. The van der Waals surface area contributed by atoms with Gasteiger partial charge in [0.15, 0.2) is 0 Å². The molecule has 7 heteroatoms. The normalized spacial score (nSPS) is 10.7. The highest BCUT2D eigenvalue weighted by atomic mass is 32.1. The molecule has 0 bridgehead atoms. The van der Waals surface area contributed by atoms with Crippen LogP contribution in [0.2, 0.25) is 0 Å². The third-order valence-electron chi connectivity index (χ3n) is 2.87. The van der Waals surface area contributed by atoms with Gasteiger partial charge in [0.2, 0.25) is 5.95 Å². The van der Waals surface area contributed by atoms with Crippen molar-refractivity contribution in [3.63, 3.8) is 0 Å². The summed E-state index contributed by atoms with van der Waals surface area (Å²) in [6.07, 6.45) is 1.78. The van der Waals surface area contributed by atoms with Crippen LogP contribution in [0.15, 0.2) is 29.8 Å². The van der Waals surface area contributed by atoms with Crippen LogP contribution in [0.4, 0.5) is 5.95 Å². The maximum absolute atomic E-state index is 11.3. The molecule has 0 saturated carbocycles. The van der Waals surface area contributed by atoms with Crippen LogP contribution in [0.1, 0.15) is 6.92 Å². The number of hydrogen-bond acceptors (Lipinski definition) is 6. The van der Waals surface area contributed by atoms with Crippen LogP contribution < -0.4 is 5.32 Å². The van der Waals surface area contributed by atoms with E-state index in [2.05, 4.69) is 20.3 Å². The van der Waals surface area contributed by atoms with Gasteiger partial charge in [-0.05, 0) is 25.1 Å². The van der Waals surface area contributed by atoms with Gasteiger partial charge in [-0.25, -0.2) is 9.97 Å². The summed E-state index contributed by atoms with van der Waals surface area (Å²) in [7, 11) is 0. The number of esters is 1. The molecule has 108 valence electrons. The topological polar surface area (TPSA) is 79.9 Å². The van der Waals surface area contributed by atoms with E-state index >= 15 is 0 Å². The first-order valence-corrected chi connectivity index (χ1v) is 7.43. The van der Waals surface area contributed by atoms with E-state index < -0.39 is 0 Å². The number of carbonyl (C=O) groups is 1. The monoisotopic (exact) mass is 302 g/mol. The van der Waals surface area contributed by atoms with E-state index in [-0.39, 0.29) is 12.5 Å². The fourth-order valence-electron chi connectivity index (χ4n) is 1.96. The summed E-state index contributed by atoms with van der Waals surface area (Å²) in [5, 5.41) is 5.83. The second kappa shape index (κ2) is 5.92. The van der Waals surface area contributed by atoms with Gasteiger partial charge in [0.25, 0.3) is 0 Å². The standard InChI is InChI=1S/C14H14N4O2S/c1-2-20-12(19)8-16-14-17-10-4-3-9(7-11(10)18-14)13-15-5-6-21-13/h3-7H,2,8H2,1H3,(H2,16,17,18). The molecule has 6 nitrogen and oxygen atoms in total. The van der Waals surface area contributed by atoms with Gasteiger partial charge in [-0.1, -0.05) is 0 Å². The molecule has 0 atom stereocenters. The molecular weight excluding hydrogens is 288 g/mol. The molecule has 0 spiro atoms. The number of fused-ring (bicyclic) bond motifs is 1. The molecule has 0 aliphatic carbocycles. The highest BCUT2D eigenvalue weighted by Crippen LogP contribution is 2.25. The maximum atomic E-state index is 11.3. The van der Waals surface area contributed by atoms with Crippen LogP contribution in [0.5, 0.6) is 0 Å². The van der Waals surface area contributed by atoms with Crippen molar-refractivity contribution in [1.82, 2.24) is 15.0 Å². The fraction of sp³-hybridized carbons (Fsp3) is 0.214. The molecule has 3 aromatic rings. The Kier molecular flexibility index (Phi) is 3.83. The number of thiazole rings is 1. The summed E-state index contributed by atoms with van der Waals surface area (Å²) < 4.78 is 4.86. The van der Waals surface area contributed by atoms with Crippen LogP contribution in [0, 0.1) is 0 Å². The molecule has 0 saturated heterocycles. The summed E-state index contributed by atoms with van der Waals surface area (Å²) in [6.45, 7) is 2.24. The van der Waals surface area contributed by atoms with Crippen molar-refractivity contribution in [2.24, 2.45) is 0 Å². The van der Waals surface area contributed by atoms with E-state index in [0.29, 0.717) is 12.6 Å². The second-order valence-corrected chi connectivity index (χ2v) is 5.21. The largest absolute Gasteiger partial charge is 0.465 e. The lowest BCUT2D eigenvalue weighted by Gasteiger charge is -2.01. The molecule has 0 unspecified atom stereocenters. The van der Waals surface area contributed by atoms with Crippen molar-refractivity contribution in [1.29, 1.82) is 0 Å². The number of H-pyrrole nitrogens is 1. The lowest BCUT2D eigenvalue weighted by molar-refractivity contribution is -0.140. The van der Waals surface area contributed by atoms with E-state index in [1.165, 1.54) is 0 Å². The van der Waals surface area contributed by atoms with Crippen LogP contribution in [-0.2, 0) is 9.53 Å². The van der Waals surface area contributed by atoms with Crippen molar-refractivity contribution in [3.05, 3.63) is 29.8 Å². The van der Waals surface area contributed by atoms with Gasteiger partial charge in [-0.15, -0.1) is 11.3 Å². The third-order valence-corrected chi connectivity index (χ3v) is 3.69. The molecule has 0 aliphatic rings. The molecule has 2 aromatic heterocycles. The van der Waals surface area contributed by atoms with E-state index in [4.69, 9.17) is 4.74 Å². The maximum Gasteiger partial charge on any atom is 0.325 e. The average molecular weight is 302 g/mol. The first kappa shape index (κ1) is 13.6. The number of ether oxygens (including phenoxy) is 1. The van der Waals surface area contributed by atoms with Crippen LogP contribution >= 0.6 is 11.3 Å². The van der Waals surface area contributed by atoms with Gasteiger partial charge >= 0.3 is 5.97 Å². The van der Waals surface area contributed by atoms with Crippen molar-refractivity contribution < 1.29 is 9.53 Å². The number of rotatable bonds is 5. The number of anilines is 1. The predicted octanol–water partition coefficient (Wildman–Crippen LogP) is 2.66. The number of imidazole rings is 1. The lowest BCUT2D eigenvalue weighted by atomic mass is 10.2. The van der Waals surface area contributed by atoms with Crippen molar-refractivity contribution in [2.45, 2.75) is 6.92 Å². The summed E-state index contributed by atoms with van der Waals surface area (Å²) >= 11 is 1.59. The van der Waals surface area contributed by atoms with Gasteiger partial charge < -0.3 is 15.0 Å². The smallest absolute Gasteiger partial charge is 0.325 e. The van der Waals surface area contributed by atoms with Crippen molar-refractivity contribution >= 4 is 34.3 Å². The number of benzene rings is 1. The molecule has 2 N–H and O–H groups in total. The van der Waals surface area contributed by atoms with Crippen LogP contribution in [0.3, 0.4) is 0 Å². The summed E-state index contributed by atoms with van der Waals surface area (Å²) in [5.41, 5.74) is 2.77. The molecule has 21 heavy (non-hydrogen) atoms. The Morgan fingerprint density at radius 2 is 2.38 bits per heavy atom. The van der Waals surface area contributed by atoms with Crippen LogP contribution in [-0.4, -0.2) is 34.1 Å². The zero-order chi connectivity index (χ0) is 14.7. The van der Waals surface area contributed by atoms with Crippen LogP contribution in [0.25, 0.3) is 21.6 Å². The number of hydrogen-bond donors (Lipinski definition) is 2. The van der Waals surface area contributed by atoms with E-state index in [0.717, 1.165) is 21.6 Å². The summed E-state index contributed by atoms with van der Waals surface area (Å²) in [4.78, 5) is 23.1. The van der Waals surface area contributed by atoms with Gasteiger partial charge in [-0.3, -0.25) is 4.79 Å². The second-order valence-electron chi connectivity index (χ2n) is 4.31. The molecule has 0 fully saturated rings. The zero-order valence-electron chi connectivity index (χ0n) is 11.4. The average Bonchev–Trinajstić information content (AvgIpc) is 3.13. The minimum Gasteiger partial charge on any atom is -0.465 e. The highest BCUT2D eigenvalue weighted by Gasteiger charge is 2.07. The minimum absolute atomic E-state index is 0.0903. The Bertz CT molecular complexity index is 752. The lowest BCUT2D eigenvalue weighted by Crippen LogP contribution is -2.17. The Labute approximate surface area is 125 Å². The number of nitrogens with zero attached hydrogens (tertiary/aromatic N) is 2. The van der Waals surface area contributed by atoms with Gasteiger partial charge in [0, 0.05) is 17.1 Å². The minimum atomic E-state index is -0.304. The van der Waals surface area contributed by atoms with Gasteiger partial charge in [-0.2, -0.15) is 0 Å². The van der Waals surface area contributed by atoms with Gasteiger partial charge in [0.1, 0.15) is 11.6 Å². The number of carbonyl (C=O) groups excluding carboxylic acids is 1. The van der Waals surface area contributed by atoms with E-state index in [1.54, 1.807) is 24.5 Å². The highest BCUT2D eigenvalue weighted by molar-refractivity contribution is 7.13. The SMILES string of the molecule is CCOC(=O)CNc1nc2ccc(-c3nccs3)cc2[nH]1. The Morgan fingerprint density at radius 3 is 3.14 bits per heavy atom. The number of aromatic nitrogens is 3. The van der Waals surface area contributed by atoms with E-state index in [1.807, 2.05) is 23.6 Å². The molecule has 2 heterocycles. The Hall–Kier alpha value is -2.41. The molecule has 0 radical (unpaired) electrons. The van der Waals surface area contributed by atoms with E-state index in [9.17, 15) is 4.79 Å². The Balaban J connectivity index is 1.79. The first-order valence-electron chi connectivity index (χ1n) is 6.55. The fourth-order valence-corrected chi connectivity index (χ4v) is 2.60. The molecular formula is C14H14N4O2S. The number of aromatic amines is 1. The molecule has 3 rings (SSSR count). The zero-order valence-corrected chi connectivity index (χ0v) is 12.2. The van der Waals surface area contributed by atoms with Crippen molar-refractivity contribution in [2.75, 3.05) is 18.5 Å². The number of nitrogens with one attached hydrogen (secondary N) is 2. The first-order chi connectivity index (χ1) is 10.3. The summed E-state index contributed by atoms with van der Waals surface area (Å²) in [5.74, 6) is 0.246. The van der Waals surface area contributed by atoms with Crippen molar-refractivity contribution in [3.8, 4) is 10.6 Å². The third kappa shape index (κ3) is 3.03. The predicted molar refractivity (Wildman–Crippen MR) is 82.3 cm³/mol. The Morgan fingerprint density at radius 1 is 1.48 bits per heavy atom. The molecule has 0 aliphatic heterocycles. The molecule has 1 aromatic carbocycles.